The third kappa shape index (κ3) is 3.47. The van der Waals surface area contributed by atoms with Gasteiger partial charge in [-0.1, -0.05) is 12.8 Å². The zero-order chi connectivity index (χ0) is 13.8. The van der Waals surface area contributed by atoms with E-state index in [1.807, 2.05) is 0 Å². The smallest absolute Gasteiger partial charge is 0.251 e. The first kappa shape index (κ1) is 13.9. The van der Waals surface area contributed by atoms with Crippen molar-refractivity contribution in [3.05, 3.63) is 29.3 Å². The maximum Gasteiger partial charge on any atom is 0.251 e. The molecule has 2 unspecified atom stereocenters. The summed E-state index contributed by atoms with van der Waals surface area (Å²) in [5.74, 6) is 0.502. The van der Waals surface area contributed by atoms with Gasteiger partial charge in [-0.3, -0.25) is 4.79 Å². The number of aryl methyl sites for hydroxylation is 1. The molecule has 0 saturated heterocycles. The predicted molar refractivity (Wildman–Crippen MR) is 75.1 cm³/mol. The molecule has 1 aromatic rings. The first-order valence-corrected chi connectivity index (χ1v) is 6.91. The van der Waals surface area contributed by atoms with Crippen molar-refractivity contribution in [2.45, 2.75) is 38.6 Å². The largest absolute Gasteiger partial charge is 0.508 e. The number of phenols is 1. The first-order chi connectivity index (χ1) is 9.08. The molecule has 0 aliphatic heterocycles. The highest BCUT2D eigenvalue weighted by atomic mass is 16.3. The second-order valence-electron chi connectivity index (χ2n) is 5.42. The zero-order valence-corrected chi connectivity index (χ0v) is 11.4. The van der Waals surface area contributed by atoms with Crippen LogP contribution in [0.5, 0.6) is 5.75 Å². The van der Waals surface area contributed by atoms with Crippen molar-refractivity contribution in [3.63, 3.8) is 0 Å². The number of phenolic OH excluding ortho intramolecular Hbond substituents is 1. The number of rotatable bonds is 3. The van der Waals surface area contributed by atoms with Gasteiger partial charge >= 0.3 is 0 Å². The maximum atomic E-state index is 12.0. The molecular formula is C15H22N2O2. The highest BCUT2D eigenvalue weighted by Crippen LogP contribution is 2.22. The number of nitrogens with two attached hydrogens (primary N) is 1. The molecule has 1 amide bonds. The Bertz CT molecular complexity index is 459. The van der Waals surface area contributed by atoms with Gasteiger partial charge in [-0.25, -0.2) is 0 Å². The fourth-order valence-electron chi connectivity index (χ4n) is 2.61. The molecule has 0 radical (unpaired) electrons. The van der Waals surface area contributed by atoms with Gasteiger partial charge in [0.05, 0.1) is 0 Å². The number of carbonyl (C=O) groups excluding carboxylic acids is 1. The minimum Gasteiger partial charge on any atom is -0.508 e. The van der Waals surface area contributed by atoms with Crippen LogP contribution in [0.2, 0.25) is 0 Å². The van der Waals surface area contributed by atoms with Crippen molar-refractivity contribution >= 4 is 5.91 Å². The minimum absolute atomic E-state index is 0.0964. The van der Waals surface area contributed by atoms with Crippen molar-refractivity contribution in [2.24, 2.45) is 11.7 Å². The van der Waals surface area contributed by atoms with Crippen LogP contribution in [0.3, 0.4) is 0 Å². The molecule has 0 heterocycles. The Hall–Kier alpha value is -1.55. The van der Waals surface area contributed by atoms with Gasteiger partial charge in [-0.2, -0.15) is 0 Å². The van der Waals surface area contributed by atoms with E-state index >= 15 is 0 Å². The molecule has 1 aliphatic carbocycles. The average Bonchev–Trinajstić information content (AvgIpc) is 2.40. The summed E-state index contributed by atoms with van der Waals surface area (Å²) in [6.07, 6.45) is 4.55. The van der Waals surface area contributed by atoms with E-state index < -0.39 is 0 Å². The summed E-state index contributed by atoms with van der Waals surface area (Å²) in [6, 6.07) is 5.09. The second kappa shape index (κ2) is 6.06. The Labute approximate surface area is 114 Å². The molecule has 0 aromatic heterocycles. The van der Waals surface area contributed by atoms with Crippen molar-refractivity contribution in [1.82, 2.24) is 5.32 Å². The van der Waals surface area contributed by atoms with Crippen molar-refractivity contribution in [2.75, 3.05) is 6.54 Å². The van der Waals surface area contributed by atoms with E-state index in [9.17, 15) is 9.90 Å². The predicted octanol–water partition coefficient (Wildman–Crippen LogP) is 1.95. The van der Waals surface area contributed by atoms with E-state index in [-0.39, 0.29) is 17.7 Å². The van der Waals surface area contributed by atoms with E-state index in [0.29, 0.717) is 23.6 Å². The Morgan fingerprint density at radius 1 is 1.42 bits per heavy atom. The standard InChI is InChI=1S/C15H22N2O2/c1-10-8-11(6-7-14(10)18)15(19)17-9-12-4-2-3-5-13(12)16/h6-8,12-13,18H,2-5,9,16H2,1H3,(H,17,19). The molecule has 1 aromatic carbocycles. The van der Waals surface area contributed by atoms with Crippen LogP contribution in [0.1, 0.15) is 41.6 Å². The van der Waals surface area contributed by atoms with Crippen LogP contribution in [-0.4, -0.2) is 23.6 Å². The molecule has 1 aliphatic rings. The summed E-state index contributed by atoms with van der Waals surface area (Å²) in [5, 5.41) is 12.4. The second-order valence-corrected chi connectivity index (χ2v) is 5.42. The molecule has 4 nitrogen and oxygen atoms in total. The van der Waals surface area contributed by atoms with E-state index in [2.05, 4.69) is 5.32 Å². The lowest BCUT2D eigenvalue weighted by Crippen LogP contribution is -2.41. The van der Waals surface area contributed by atoms with Crippen LogP contribution >= 0.6 is 0 Å². The lowest BCUT2D eigenvalue weighted by Gasteiger charge is -2.28. The van der Waals surface area contributed by atoms with Crippen LogP contribution < -0.4 is 11.1 Å². The lowest BCUT2D eigenvalue weighted by molar-refractivity contribution is 0.0941. The van der Waals surface area contributed by atoms with E-state index in [1.54, 1.807) is 25.1 Å². The molecule has 1 saturated carbocycles. The van der Waals surface area contributed by atoms with Crippen LogP contribution in [-0.2, 0) is 0 Å². The quantitative estimate of drug-likeness (QED) is 0.779. The van der Waals surface area contributed by atoms with Gasteiger partial charge in [0.15, 0.2) is 0 Å². The lowest BCUT2D eigenvalue weighted by atomic mass is 9.85. The number of carbonyl (C=O) groups is 1. The van der Waals surface area contributed by atoms with Crippen LogP contribution in [0, 0.1) is 12.8 Å². The fraction of sp³-hybridized carbons (Fsp3) is 0.533. The summed E-state index contributed by atoms with van der Waals surface area (Å²) < 4.78 is 0. The van der Waals surface area contributed by atoms with Gasteiger partial charge in [0.25, 0.3) is 5.91 Å². The van der Waals surface area contributed by atoms with Gasteiger partial charge in [0.1, 0.15) is 5.75 Å². The Balaban J connectivity index is 1.91. The van der Waals surface area contributed by atoms with Gasteiger partial charge in [0, 0.05) is 18.2 Å². The molecule has 19 heavy (non-hydrogen) atoms. The van der Waals surface area contributed by atoms with E-state index in [0.717, 1.165) is 12.8 Å². The molecule has 104 valence electrons. The summed E-state index contributed by atoms with van der Waals surface area (Å²) >= 11 is 0. The number of nitrogens with one attached hydrogen (secondary N) is 1. The van der Waals surface area contributed by atoms with E-state index in [4.69, 9.17) is 5.73 Å². The van der Waals surface area contributed by atoms with Crippen LogP contribution in [0.4, 0.5) is 0 Å². The molecule has 0 spiro atoms. The summed E-state index contributed by atoms with van der Waals surface area (Å²) in [6.45, 7) is 2.42. The topological polar surface area (TPSA) is 75.4 Å². The number of amides is 1. The Morgan fingerprint density at radius 3 is 2.84 bits per heavy atom. The number of hydrogen-bond donors (Lipinski definition) is 3. The van der Waals surface area contributed by atoms with Crippen LogP contribution in [0.25, 0.3) is 0 Å². The highest BCUT2D eigenvalue weighted by molar-refractivity contribution is 5.94. The Kier molecular flexibility index (Phi) is 4.43. The SMILES string of the molecule is Cc1cc(C(=O)NCC2CCCCC2N)ccc1O. The molecule has 1 fully saturated rings. The van der Waals surface area contributed by atoms with Gasteiger partial charge < -0.3 is 16.2 Å². The summed E-state index contributed by atoms with van der Waals surface area (Å²) in [5.41, 5.74) is 7.36. The highest BCUT2D eigenvalue weighted by Gasteiger charge is 2.22. The number of aromatic hydroxyl groups is 1. The molecule has 0 bridgehead atoms. The van der Waals surface area contributed by atoms with E-state index in [1.165, 1.54) is 12.8 Å². The molecule has 4 heteroatoms. The van der Waals surface area contributed by atoms with Crippen molar-refractivity contribution in [1.29, 1.82) is 0 Å². The third-order valence-corrected chi connectivity index (χ3v) is 3.95. The zero-order valence-electron chi connectivity index (χ0n) is 11.4. The number of benzene rings is 1. The first-order valence-electron chi connectivity index (χ1n) is 6.91. The summed E-state index contributed by atoms with van der Waals surface area (Å²) in [4.78, 5) is 12.0. The fourth-order valence-corrected chi connectivity index (χ4v) is 2.61. The van der Waals surface area contributed by atoms with Gasteiger partial charge in [-0.05, 0) is 49.4 Å². The normalized spacial score (nSPS) is 23.1. The van der Waals surface area contributed by atoms with Gasteiger partial charge in [0.2, 0.25) is 0 Å². The molecule has 2 rings (SSSR count). The Morgan fingerprint density at radius 2 is 2.16 bits per heavy atom. The third-order valence-electron chi connectivity index (χ3n) is 3.95. The van der Waals surface area contributed by atoms with Gasteiger partial charge in [-0.15, -0.1) is 0 Å². The van der Waals surface area contributed by atoms with Crippen LogP contribution in [0.15, 0.2) is 18.2 Å². The molecule has 4 N–H and O–H groups in total. The molecular weight excluding hydrogens is 240 g/mol. The average molecular weight is 262 g/mol. The molecule has 2 atom stereocenters. The van der Waals surface area contributed by atoms with Crippen molar-refractivity contribution < 1.29 is 9.90 Å². The summed E-state index contributed by atoms with van der Waals surface area (Å²) in [7, 11) is 0. The minimum atomic E-state index is -0.0964. The van der Waals surface area contributed by atoms with Crippen molar-refractivity contribution in [3.8, 4) is 5.75 Å². The number of hydrogen-bond acceptors (Lipinski definition) is 3. The maximum absolute atomic E-state index is 12.0. The monoisotopic (exact) mass is 262 g/mol.